The summed E-state index contributed by atoms with van der Waals surface area (Å²) in [5.41, 5.74) is 8.94. The molecule has 0 saturated carbocycles. The minimum atomic E-state index is -0.222. The second-order valence-electron chi connectivity index (χ2n) is 8.26. The van der Waals surface area contributed by atoms with Crippen molar-refractivity contribution in [2.24, 2.45) is 0 Å². The summed E-state index contributed by atoms with van der Waals surface area (Å²) in [7, 11) is 0. The molecule has 0 radical (unpaired) electrons. The third-order valence-electron chi connectivity index (χ3n) is 6.14. The third kappa shape index (κ3) is 4.09. The number of hydrogen-bond donors (Lipinski definition) is 2. The number of fused-ring (bicyclic) bond motifs is 3. The Hall–Kier alpha value is -2.96. The van der Waals surface area contributed by atoms with Gasteiger partial charge in [-0.2, -0.15) is 14.6 Å². The minimum Gasteiger partial charge on any atom is -0.368 e. The quantitative estimate of drug-likeness (QED) is 0.326. The lowest BCUT2D eigenvalue weighted by atomic mass is 10.1. The molecule has 1 aromatic carbocycles. The van der Waals surface area contributed by atoms with E-state index in [1.165, 1.54) is 6.07 Å². The van der Waals surface area contributed by atoms with Crippen molar-refractivity contribution in [1.82, 2.24) is 34.3 Å². The standard InChI is InChI=1S/C21H26FN9OS/c1-13(32-33)15-3-4-17(22)18(11-15)29-8-5-28(6-9-29)7-10-30-19-16(12-24-30)20-25-14(2)27-31(20)21(23)26-19/h3-4,11-13,33H,5-10H2,1-2H3,(H2,23,26)/t13-/m0/s1. The number of piperazine rings is 1. The van der Waals surface area contributed by atoms with Gasteiger partial charge in [-0.05, 0) is 44.5 Å². The molecule has 5 rings (SSSR count). The van der Waals surface area contributed by atoms with Gasteiger partial charge in [0.1, 0.15) is 11.6 Å². The maximum absolute atomic E-state index is 14.5. The Labute approximate surface area is 195 Å². The van der Waals surface area contributed by atoms with E-state index in [0.717, 1.165) is 43.7 Å². The van der Waals surface area contributed by atoms with E-state index in [1.54, 1.807) is 16.8 Å². The van der Waals surface area contributed by atoms with E-state index in [0.29, 0.717) is 29.4 Å². The number of benzene rings is 1. The summed E-state index contributed by atoms with van der Waals surface area (Å²) in [6.07, 6.45) is 1.55. The smallest absolute Gasteiger partial charge is 0.225 e. The normalized spacial score (nSPS) is 16.2. The zero-order valence-electron chi connectivity index (χ0n) is 18.5. The molecule has 0 bridgehead atoms. The first-order valence-electron chi connectivity index (χ1n) is 10.9. The number of aryl methyl sites for hydroxylation is 1. The van der Waals surface area contributed by atoms with Crippen molar-refractivity contribution in [1.29, 1.82) is 0 Å². The fourth-order valence-corrected chi connectivity index (χ4v) is 4.38. The first-order chi connectivity index (χ1) is 15.9. The van der Waals surface area contributed by atoms with E-state index in [4.69, 9.17) is 9.92 Å². The number of hydrogen-bond acceptors (Lipinski definition) is 9. The summed E-state index contributed by atoms with van der Waals surface area (Å²) < 4.78 is 23.0. The van der Waals surface area contributed by atoms with Crippen LogP contribution in [0.25, 0.3) is 16.7 Å². The van der Waals surface area contributed by atoms with Crippen molar-refractivity contribution >= 4 is 41.2 Å². The highest BCUT2D eigenvalue weighted by molar-refractivity contribution is 7.75. The monoisotopic (exact) mass is 471 g/mol. The van der Waals surface area contributed by atoms with Crippen LogP contribution in [0.15, 0.2) is 24.4 Å². The number of halogens is 1. The van der Waals surface area contributed by atoms with Gasteiger partial charge in [0.2, 0.25) is 5.95 Å². The molecular weight excluding hydrogens is 445 g/mol. The average Bonchev–Trinajstić information content (AvgIpc) is 3.41. The van der Waals surface area contributed by atoms with E-state index >= 15 is 0 Å². The molecule has 10 nitrogen and oxygen atoms in total. The highest BCUT2D eigenvalue weighted by Gasteiger charge is 2.21. The van der Waals surface area contributed by atoms with E-state index in [-0.39, 0.29) is 17.9 Å². The molecule has 33 heavy (non-hydrogen) atoms. The highest BCUT2D eigenvalue weighted by Crippen LogP contribution is 2.27. The van der Waals surface area contributed by atoms with Crippen molar-refractivity contribution in [3.8, 4) is 0 Å². The third-order valence-corrected chi connectivity index (χ3v) is 6.46. The number of nitrogen functional groups attached to an aromatic ring is 1. The van der Waals surface area contributed by atoms with Crippen LogP contribution in [-0.4, -0.2) is 67.0 Å². The van der Waals surface area contributed by atoms with Crippen LogP contribution in [-0.2, 0) is 10.7 Å². The lowest BCUT2D eigenvalue weighted by molar-refractivity contribution is 0.245. The van der Waals surface area contributed by atoms with Gasteiger partial charge < -0.3 is 14.8 Å². The zero-order valence-corrected chi connectivity index (χ0v) is 19.4. The first kappa shape index (κ1) is 21.9. The van der Waals surface area contributed by atoms with Crippen molar-refractivity contribution in [3.05, 3.63) is 41.6 Å². The maximum atomic E-state index is 14.5. The number of rotatable bonds is 6. The summed E-state index contributed by atoms with van der Waals surface area (Å²) in [6.45, 7) is 8.30. The number of nitrogens with zero attached hydrogens (tertiary/aromatic N) is 8. The van der Waals surface area contributed by atoms with Crippen LogP contribution in [0.3, 0.4) is 0 Å². The Balaban J connectivity index is 1.25. The molecule has 0 unspecified atom stereocenters. The lowest BCUT2D eigenvalue weighted by Gasteiger charge is -2.36. The van der Waals surface area contributed by atoms with Crippen molar-refractivity contribution < 1.29 is 8.57 Å². The summed E-state index contributed by atoms with van der Waals surface area (Å²) in [5.74, 6) is 0.701. The first-order valence-corrected chi connectivity index (χ1v) is 11.2. The lowest BCUT2D eigenvalue weighted by Crippen LogP contribution is -2.47. The molecule has 1 aliphatic heterocycles. The fraction of sp³-hybridized carbons (Fsp3) is 0.429. The summed E-state index contributed by atoms with van der Waals surface area (Å²) in [6, 6.07) is 5.08. The van der Waals surface area contributed by atoms with Crippen LogP contribution in [0.2, 0.25) is 0 Å². The van der Waals surface area contributed by atoms with E-state index in [1.807, 2.05) is 24.6 Å². The molecule has 1 fully saturated rings. The molecule has 3 aromatic heterocycles. The van der Waals surface area contributed by atoms with Crippen LogP contribution in [0.4, 0.5) is 16.0 Å². The molecule has 174 valence electrons. The van der Waals surface area contributed by atoms with E-state index < -0.39 is 0 Å². The molecular formula is C21H26FN9OS. The predicted molar refractivity (Wildman–Crippen MR) is 127 cm³/mol. The Morgan fingerprint density at radius 1 is 1.15 bits per heavy atom. The number of thiol groups is 1. The van der Waals surface area contributed by atoms with Crippen molar-refractivity contribution in [2.45, 2.75) is 26.5 Å². The molecule has 4 aromatic rings. The fourth-order valence-electron chi connectivity index (χ4n) is 4.26. The van der Waals surface area contributed by atoms with Crippen LogP contribution in [0.5, 0.6) is 0 Å². The molecule has 4 heterocycles. The van der Waals surface area contributed by atoms with E-state index in [2.05, 4.69) is 42.9 Å². The Bertz CT molecular complexity index is 1300. The molecule has 1 aliphatic rings. The van der Waals surface area contributed by atoms with Crippen LogP contribution < -0.4 is 10.6 Å². The van der Waals surface area contributed by atoms with Crippen LogP contribution in [0, 0.1) is 12.7 Å². The number of nitrogens with two attached hydrogens (primary N) is 1. The second-order valence-corrected chi connectivity index (χ2v) is 8.47. The summed E-state index contributed by atoms with van der Waals surface area (Å²) in [4.78, 5) is 13.4. The van der Waals surface area contributed by atoms with Gasteiger partial charge in [0.15, 0.2) is 11.3 Å². The van der Waals surface area contributed by atoms with Gasteiger partial charge in [-0.25, -0.2) is 14.1 Å². The molecule has 1 saturated heterocycles. The van der Waals surface area contributed by atoms with Gasteiger partial charge in [-0.15, -0.1) is 5.10 Å². The van der Waals surface area contributed by atoms with Gasteiger partial charge in [0, 0.05) is 32.7 Å². The van der Waals surface area contributed by atoms with Gasteiger partial charge >= 0.3 is 0 Å². The minimum absolute atomic E-state index is 0.205. The van der Waals surface area contributed by atoms with E-state index in [9.17, 15) is 4.39 Å². The molecule has 0 amide bonds. The molecule has 0 aliphatic carbocycles. The molecule has 2 N–H and O–H groups in total. The molecule has 12 heteroatoms. The average molecular weight is 472 g/mol. The van der Waals surface area contributed by atoms with Crippen LogP contribution >= 0.6 is 12.9 Å². The van der Waals surface area contributed by atoms with Gasteiger partial charge in [-0.3, -0.25) is 4.90 Å². The summed E-state index contributed by atoms with van der Waals surface area (Å²) in [5, 5.41) is 9.61. The highest BCUT2D eigenvalue weighted by atomic mass is 32.1. The van der Waals surface area contributed by atoms with Crippen LogP contribution in [0.1, 0.15) is 24.4 Å². The largest absolute Gasteiger partial charge is 0.368 e. The Morgan fingerprint density at radius 2 is 1.94 bits per heavy atom. The number of anilines is 2. The molecule has 0 spiro atoms. The van der Waals surface area contributed by atoms with Crippen molar-refractivity contribution in [2.75, 3.05) is 43.4 Å². The van der Waals surface area contributed by atoms with Crippen molar-refractivity contribution in [3.63, 3.8) is 0 Å². The van der Waals surface area contributed by atoms with Gasteiger partial charge in [0.05, 0.1) is 29.9 Å². The Morgan fingerprint density at radius 3 is 2.70 bits per heavy atom. The second kappa shape index (κ2) is 8.76. The topological polar surface area (TPSA) is 103 Å². The SMILES string of the molecule is Cc1nc2c3cnn(CCN4CCN(c5cc([C@H](C)OS)ccc5F)CC4)c3nc(N)n2n1. The van der Waals surface area contributed by atoms with Gasteiger partial charge in [0.25, 0.3) is 0 Å². The maximum Gasteiger partial charge on any atom is 0.225 e. The zero-order chi connectivity index (χ0) is 23.1. The molecule has 1 atom stereocenters. The number of aromatic nitrogens is 6. The Kier molecular flexibility index (Phi) is 5.81. The predicted octanol–water partition coefficient (Wildman–Crippen LogP) is 2.25. The summed E-state index contributed by atoms with van der Waals surface area (Å²) >= 11 is 3.88. The van der Waals surface area contributed by atoms with Gasteiger partial charge in [-0.1, -0.05) is 6.07 Å².